The molecule has 2 rings (SSSR count). The maximum absolute atomic E-state index is 12.2. The van der Waals surface area contributed by atoms with Crippen molar-refractivity contribution >= 4 is 5.91 Å². The van der Waals surface area contributed by atoms with Crippen LogP contribution in [0.5, 0.6) is 0 Å². The van der Waals surface area contributed by atoms with Crippen molar-refractivity contribution in [1.82, 2.24) is 14.8 Å². The highest BCUT2D eigenvalue weighted by Crippen LogP contribution is 2.07. The molecule has 1 N–H and O–H groups in total. The number of hydrogen-bond donors (Lipinski definition) is 1. The lowest BCUT2D eigenvalue weighted by Gasteiger charge is -2.26. The Morgan fingerprint density at radius 2 is 2.10 bits per heavy atom. The van der Waals surface area contributed by atoms with Crippen LogP contribution in [0.25, 0.3) is 0 Å². The second-order valence-electron chi connectivity index (χ2n) is 5.64. The fourth-order valence-electron chi connectivity index (χ4n) is 2.59. The second kappa shape index (κ2) is 8.20. The minimum Gasteiger partial charge on any atom is -0.379 e. The summed E-state index contributed by atoms with van der Waals surface area (Å²) in [6.45, 7) is 7.77. The summed E-state index contributed by atoms with van der Waals surface area (Å²) in [4.78, 5) is 19.7. The van der Waals surface area contributed by atoms with E-state index in [0.29, 0.717) is 5.69 Å². The number of nitrogens with one attached hydrogen (secondary N) is 1. The predicted octanol–water partition coefficient (Wildman–Crippen LogP) is 1.76. The van der Waals surface area contributed by atoms with E-state index >= 15 is 0 Å². The molecule has 2 heterocycles. The maximum Gasteiger partial charge on any atom is 0.270 e. The van der Waals surface area contributed by atoms with Gasteiger partial charge in [-0.25, -0.2) is 0 Å². The van der Waals surface area contributed by atoms with Crippen LogP contribution in [0.2, 0.25) is 0 Å². The molecule has 0 aromatic carbocycles. The van der Waals surface area contributed by atoms with Gasteiger partial charge in [0.15, 0.2) is 0 Å². The molecule has 0 radical (unpaired) electrons. The van der Waals surface area contributed by atoms with Crippen molar-refractivity contribution < 1.29 is 9.53 Å². The third kappa shape index (κ3) is 4.86. The van der Waals surface area contributed by atoms with Gasteiger partial charge in [-0.3, -0.25) is 9.69 Å². The van der Waals surface area contributed by atoms with E-state index in [0.717, 1.165) is 64.3 Å². The number of aromatic amines is 1. The Hall–Kier alpha value is -1.33. The summed E-state index contributed by atoms with van der Waals surface area (Å²) in [5, 5.41) is 0. The molecule has 1 aromatic heterocycles. The van der Waals surface area contributed by atoms with Gasteiger partial charge in [-0.1, -0.05) is 6.92 Å². The molecular weight excluding hydrogens is 266 g/mol. The Balaban J connectivity index is 1.66. The molecule has 1 saturated heterocycles. The summed E-state index contributed by atoms with van der Waals surface area (Å²) in [5.41, 5.74) is 1.81. The smallest absolute Gasteiger partial charge is 0.270 e. The number of hydrogen-bond acceptors (Lipinski definition) is 3. The Morgan fingerprint density at radius 3 is 2.76 bits per heavy atom. The Morgan fingerprint density at radius 1 is 1.33 bits per heavy atom. The first-order chi connectivity index (χ1) is 10.2. The van der Waals surface area contributed by atoms with Crippen molar-refractivity contribution in [3.8, 4) is 0 Å². The molecule has 5 heteroatoms. The number of nitrogens with zero attached hydrogens (tertiary/aromatic N) is 2. The number of aryl methyl sites for hydroxylation is 1. The van der Waals surface area contributed by atoms with Crippen LogP contribution in [-0.4, -0.2) is 67.1 Å². The molecule has 1 aromatic rings. The summed E-state index contributed by atoms with van der Waals surface area (Å²) in [6, 6.07) is 3.87. The molecule has 1 fully saturated rings. The third-order valence-electron chi connectivity index (χ3n) is 4.03. The van der Waals surface area contributed by atoms with Crippen LogP contribution in [0.1, 0.15) is 35.9 Å². The number of rotatable bonds is 7. The quantitative estimate of drug-likeness (QED) is 0.779. The molecule has 1 aliphatic heterocycles. The Kier molecular flexibility index (Phi) is 6.26. The van der Waals surface area contributed by atoms with Gasteiger partial charge in [0, 0.05) is 32.4 Å². The summed E-state index contributed by atoms with van der Waals surface area (Å²) in [5.74, 6) is 0.0843. The lowest BCUT2D eigenvalue weighted by Crippen LogP contribution is -2.37. The molecule has 118 valence electrons. The van der Waals surface area contributed by atoms with Gasteiger partial charge in [0.25, 0.3) is 5.91 Å². The summed E-state index contributed by atoms with van der Waals surface area (Å²) >= 11 is 0. The summed E-state index contributed by atoms with van der Waals surface area (Å²) < 4.78 is 5.34. The van der Waals surface area contributed by atoms with Crippen LogP contribution in [0, 0.1) is 0 Å². The van der Waals surface area contributed by atoms with Gasteiger partial charge in [-0.15, -0.1) is 0 Å². The molecule has 0 bridgehead atoms. The Labute approximate surface area is 127 Å². The van der Waals surface area contributed by atoms with Gasteiger partial charge in [-0.2, -0.15) is 0 Å². The summed E-state index contributed by atoms with van der Waals surface area (Å²) in [7, 11) is 1.88. The topological polar surface area (TPSA) is 48.6 Å². The average Bonchev–Trinajstić information content (AvgIpc) is 3.00. The van der Waals surface area contributed by atoms with Crippen molar-refractivity contribution in [3.63, 3.8) is 0 Å². The highest BCUT2D eigenvalue weighted by Gasteiger charge is 2.14. The molecule has 1 amide bonds. The standard InChI is InChI=1S/C16H27N3O2/c1-3-14-6-7-15(17-14)16(20)18(2)8-4-5-9-19-10-12-21-13-11-19/h6-7,17H,3-5,8-13H2,1-2H3. The highest BCUT2D eigenvalue weighted by molar-refractivity contribution is 5.92. The molecule has 1 aliphatic rings. The van der Waals surface area contributed by atoms with Crippen LogP contribution in [0.15, 0.2) is 12.1 Å². The predicted molar refractivity (Wildman–Crippen MR) is 83.6 cm³/mol. The van der Waals surface area contributed by atoms with Gasteiger partial charge >= 0.3 is 0 Å². The van der Waals surface area contributed by atoms with Crippen LogP contribution in [0.3, 0.4) is 0 Å². The van der Waals surface area contributed by atoms with E-state index in [2.05, 4.69) is 16.8 Å². The lowest BCUT2D eigenvalue weighted by atomic mass is 10.2. The van der Waals surface area contributed by atoms with Gasteiger partial charge in [-0.05, 0) is 37.9 Å². The first-order valence-corrected chi connectivity index (χ1v) is 7.94. The molecular formula is C16H27N3O2. The molecule has 5 nitrogen and oxygen atoms in total. The van der Waals surface area contributed by atoms with Gasteiger partial charge in [0.2, 0.25) is 0 Å². The lowest BCUT2D eigenvalue weighted by molar-refractivity contribution is 0.0369. The molecule has 0 spiro atoms. The van der Waals surface area contributed by atoms with E-state index in [-0.39, 0.29) is 5.91 Å². The Bertz CT molecular complexity index is 438. The maximum atomic E-state index is 12.2. The van der Waals surface area contributed by atoms with E-state index in [1.165, 1.54) is 0 Å². The van der Waals surface area contributed by atoms with Crippen LogP contribution in [-0.2, 0) is 11.2 Å². The SMILES string of the molecule is CCc1ccc(C(=O)N(C)CCCCN2CCOCC2)[nH]1. The zero-order valence-electron chi connectivity index (χ0n) is 13.2. The largest absolute Gasteiger partial charge is 0.379 e. The number of aromatic nitrogens is 1. The number of carbonyl (C=O) groups excluding carboxylic acids is 1. The monoisotopic (exact) mass is 293 g/mol. The molecule has 0 saturated carbocycles. The van der Waals surface area contributed by atoms with Crippen molar-refractivity contribution in [2.24, 2.45) is 0 Å². The number of morpholine rings is 1. The van der Waals surface area contributed by atoms with E-state index in [4.69, 9.17) is 4.74 Å². The van der Waals surface area contributed by atoms with E-state index in [9.17, 15) is 4.79 Å². The number of unbranched alkanes of at least 4 members (excludes halogenated alkanes) is 1. The van der Waals surface area contributed by atoms with Crippen molar-refractivity contribution in [1.29, 1.82) is 0 Å². The molecule has 0 aliphatic carbocycles. The minimum absolute atomic E-state index is 0.0843. The normalized spacial score (nSPS) is 16.1. The number of ether oxygens (including phenoxy) is 1. The number of amides is 1. The van der Waals surface area contributed by atoms with Gasteiger partial charge < -0.3 is 14.6 Å². The number of H-pyrrole nitrogens is 1. The third-order valence-corrected chi connectivity index (χ3v) is 4.03. The van der Waals surface area contributed by atoms with Crippen LogP contribution < -0.4 is 0 Å². The second-order valence-corrected chi connectivity index (χ2v) is 5.64. The average molecular weight is 293 g/mol. The van der Waals surface area contributed by atoms with Crippen LogP contribution in [0.4, 0.5) is 0 Å². The van der Waals surface area contributed by atoms with Crippen molar-refractivity contribution in [2.75, 3.05) is 46.4 Å². The fourth-order valence-corrected chi connectivity index (χ4v) is 2.59. The number of carbonyl (C=O) groups is 1. The highest BCUT2D eigenvalue weighted by atomic mass is 16.5. The molecule has 0 atom stereocenters. The van der Waals surface area contributed by atoms with E-state index < -0.39 is 0 Å². The zero-order valence-corrected chi connectivity index (χ0v) is 13.2. The van der Waals surface area contributed by atoms with Crippen molar-refractivity contribution in [2.45, 2.75) is 26.2 Å². The van der Waals surface area contributed by atoms with Gasteiger partial charge in [0.05, 0.1) is 13.2 Å². The van der Waals surface area contributed by atoms with E-state index in [1.54, 1.807) is 0 Å². The first kappa shape index (κ1) is 16.0. The first-order valence-electron chi connectivity index (χ1n) is 7.94. The summed E-state index contributed by atoms with van der Waals surface area (Å²) in [6.07, 6.45) is 3.10. The minimum atomic E-state index is 0.0843. The van der Waals surface area contributed by atoms with Gasteiger partial charge in [0.1, 0.15) is 5.69 Å². The fraction of sp³-hybridized carbons (Fsp3) is 0.688. The van der Waals surface area contributed by atoms with Crippen LogP contribution >= 0.6 is 0 Å². The molecule has 0 unspecified atom stereocenters. The zero-order chi connectivity index (χ0) is 15.1. The van der Waals surface area contributed by atoms with E-state index in [1.807, 2.05) is 24.1 Å². The molecule has 21 heavy (non-hydrogen) atoms. The van der Waals surface area contributed by atoms with Crippen molar-refractivity contribution in [3.05, 3.63) is 23.5 Å².